The van der Waals surface area contributed by atoms with E-state index < -0.39 is 5.82 Å². The molecule has 0 saturated carbocycles. The quantitative estimate of drug-likeness (QED) is 0.883. The van der Waals surface area contributed by atoms with Crippen LogP contribution in [-0.4, -0.2) is 19.0 Å². The van der Waals surface area contributed by atoms with Crippen molar-refractivity contribution >= 4 is 17.5 Å². The molecule has 1 aliphatic rings. The number of amides is 1. The van der Waals surface area contributed by atoms with Gasteiger partial charge in [0.15, 0.2) is 0 Å². The van der Waals surface area contributed by atoms with Gasteiger partial charge in [0.05, 0.1) is 10.9 Å². The lowest BCUT2D eigenvalue weighted by atomic mass is 9.99. The number of hydrogen-bond acceptors (Lipinski definition) is 2. The Hall–Kier alpha value is -1.13. The Kier molecular flexibility index (Phi) is 4.55. The van der Waals surface area contributed by atoms with Crippen LogP contribution in [0, 0.1) is 11.7 Å². The summed E-state index contributed by atoms with van der Waals surface area (Å²) in [7, 11) is 0. The van der Waals surface area contributed by atoms with Crippen molar-refractivity contribution in [3.8, 4) is 0 Å². The fraction of sp³-hybridized carbons (Fsp3) is 0.462. The van der Waals surface area contributed by atoms with E-state index in [0.717, 1.165) is 31.5 Å². The van der Waals surface area contributed by atoms with Crippen molar-refractivity contribution in [1.29, 1.82) is 0 Å². The Morgan fingerprint density at radius 2 is 2.39 bits per heavy atom. The molecule has 1 fully saturated rings. The van der Waals surface area contributed by atoms with Crippen molar-refractivity contribution in [2.45, 2.75) is 19.4 Å². The Morgan fingerprint density at radius 1 is 1.56 bits per heavy atom. The molecule has 18 heavy (non-hydrogen) atoms. The van der Waals surface area contributed by atoms with E-state index in [1.54, 1.807) is 6.07 Å². The van der Waals surface area contributed by atoms with Gasteiger partial charge < -0.3 is 10.6 Å². The minimum atomic E-state index is -0.441. The van der Waals surface area contributed by atoms with Crippen molar-refractivity contribution in [3.05, 3.63) is 34.6 Å². The minimum Gasteiger partial charge on any atom is -0.352 e. The predicted octanol–water partition coefficient (Wildman–Crippen LogP) is 2.09. The molecule has 2 N–H and O–H groups in total. The Balaban J connectivity index is 1.86. The minimum absolute atomic E-state index is 0.0367. The van der Waals surface area contributed by atoms with Crippen molar-refractivity contribution in [2.75, 3.05) is 13.1 Å². The van der Waals surface area contributed by atoms with Gasteiger partial charge in [0, 0.05) is 13.1 Å². The number of halogens is 2. The lowest BCUT2D eigenvalue weighted by Gasteiger charge is -2.21. The first kappa shape index (κ1) is 13.3. The first-order valence-electron chi connectivity index (χ1n) is 6.09. The lowest BCUT2D eigenvalue weighted by Crippen LogP contribution is -2.40. The van der Waals surface area contributed by atoms with E-state index in [1.165, 1.54) is 12.1 Å². The number of hydrogen-bond donors (Lipinski definition) is 2. The van der Waals surface area contributed by atoms with E-state index in [-0.39, 0.29) is 16.8 Å². The molecule has 1 amide bonds. The Bertz CT molecular complexity index is 433. The zero-order valence-electron chi connectivity index (χ0n) is 10.0. The monoisotopic (exact) mass is 270 g/mol. The van der Waals surface area contributed by atoms with E-state index >= 15 is 0 Å². The first-order chi connectivity index (χ1) is 8.66. The van der Waals surface area contributed by atoms with Crippen molar-refractivity contribution < 1.29 is 9.18 Å². The zero-order chi connectivity index (χ0) is 13.0. The van der Waals surface area contributed by atoms with Crippen LogP contribution in [0.25, 0.3) is 0 Å². The Labute approximate surface area is 111 Å². The van der Waals surface area contributed by atoms with Gasteiger partial charge in [-0.3, -0.25) is 4.79 Å². The molecule has 1 heterocycles. The summed E-state index contributed by atoms with van der Waals surface area (Å²) >= 11 is 5.68. The molecule has 0 spiro atoms. The molecular weight excluding hydrogens is 255 g/mol. The average Bonchev–Trinajstić information content (AvgIpc) is 2.41. The zero-order valence-corrected chi connectivity index (χ0v) is 10.8. The molecule has 1 aromatic rings. The Morgan fingerprint density at radius 3 is 3.06 bits per heavy atom. The summed E-state index contributed by atoms with van der Waals surface area (Å²) < 4.78 is 13.0. The second-order valence-corrected chi connectivity index (χ2v) is 4.92. The third-order valence-electron chi connectivity index (χ3n) is 3.12. The van der Waals surface area contributed by atoms with Crippen LogP contribution in [0.5, 0.6) is 0 Å². The predicted molar refractivity (Wildman–Crippen MR) is 68.9 cm³/mol. The number of carbonyl (C=O) groups is 1. The van der Waals surface area contributed by atoms with Gasteiger partial charge in [-0.25, -0.2) is 4.39 Å². The SMILES string of the molecule is O=C(NCc1ccc(F)c(Cl)c1)[C@@H]1CCCNC1. The van der Waals surface area contributed by atoms with Gasteiger partial charge in [-0.05, 0) is 37.1 Å². The second kappa shape index (κ2) is 6.16. The van der Waals surface area contributed by atoms with Gasteiger partial charge in [0.2, 0.25) is 5.91 Å². The smallest absolute Gasteiger partial charge is 0.224 e. The van der Waals surface area contributed by atoms with Crippen LogP contribution in [0.15, 0.2) is 18.2 Å². The molecule has 1 saturated heterocycles. The molecule has 0 aromatic heterocycles. The van der Waals surface area contributed by atoms with Crippen LogP contribution in [0.3, 0.4) is 0 Å². The molecule has 0 radical (unpaired) electrons. The molecule has 1 atom stereocenters. The lowest BCUT2D eigenvalue weighted by molar-refractivity contribution is -0.125. The molecule has 5 heteroatoms. The summed E-state index contributed by atoms with van der Waals surface area (Å²) in [5, 5.41) is 6.14. The molecule has 0 aliphatic carbocycles. The second-order valence-electron chi connectivity index (χ2n) is 4.51. The highest BCUT2D eigenvalue weighted by Gasteiger charge is 2.20. The molecule has 1 aromatic carbocycles. The van der Waals surface area contributed by atoms with Gasteiger partial charge in [-0.15, -0.1) is 0 Å². The highest BCUT2D eigenvalue weighted by molar-refractivity contribution is 6.30. The number of piperidine rings is 1. The van der Waals surface area contributed by atoms with Crippen LogP contribution in [-0.2, 0) is 11.3 Å². The maximum Gasteiger partial charge on any atom is 0.224 e. The van der Waals surface area contributed by atoms with Gasteiger partial charge in [0.25, 0.3) is 0 Å². The summed E-state index contributed by atoms with van der Waals surface area (Å²) in [5.74, 6) is -0.361. The summed E-state index contributed by atoms with van der Waals surface area (Å²) in [6.45, 7) is 2.10. The molecule has 1 aliphatic heterocycles. The third kappa shape index (κ3) is 3.43. The van der Waals surface area contributed by atoms with Gasteiger partial charge >= 0.3 is 0 Å². The summed E-state index contributed by atoms with van der Waals surface area (Å²) in [5.41, 5.74) is 0.804. The fourth-order valence-electron chi connectivity index (χ4n) is 2.06. The molecule has 2 rings (SSSR count). The van der Waals surface area contributed by atoms with Crippen LogP contribution in [0.4, 0.5) is 4.39 Å². The molecule has 0 unspecified atom stereocenters. The summed E-state index contributed by atoms with van der Waals surface area (Å²) in [6.07, 6.45) is 1.95. The van der Waals surface area contributed by atoms with E-state index in [9.17, 15) is 9.18 Å². The third-order valence-corrected chi connectivity index (χ3v) is 3.41. The first-order valence-corrected chi connectivity index (χ1v) is 6.47. The topological polar surface area (TPSA) is 41.1 Å². The average molecular weight is 271 g/mol. The van der Waals surface area contributed by atoms with E-state index in [0.29, 0.717) is 6.54 Å². The van der Waals surface area contributed by atoms with E-state index in [2.05, 4.69) is 10.6 Å². The summed E-state index contributed by atoms with van der Waals surface area (Å²) in [4.78, 5) is 11.9. The van der Waals surface area contributed by atoms with Gasteiger partial charge in [-0.2, -0.15) is 0 Å². The number of carbonyl (C=O) groups excluding carboxylic acids is 1. The van der Waals surface area contributed by atoms with Crippen molar-refractivity contribution in [2.24, 2.45) is 5.92 Å². The van der Waals surface area contributed by atoms with Crippen LogP contribution < -0.4 is 10.6 Å². The normalized spacial score (nSPS) is 19.6. The number of rotatable bonds is 3. The number of benzene rings is 1. The largest absolute Gasteiger partial charge is 0.352 e. The van der Waals surface area contributed by atoms with Gasteiger partial charge in [0.1, 0.15) is 5.82 Å². The van der Waals surface area contributed by atoms with Crippen LogP contribution >= 0.6 is 11.6 Å². The molecule has 98 valence electrons. The van der Waals surface area contributed by atoms with E-state index in [4.69, 9.17) is 11.6 Å². The van der Waals surface area contributed by atoms with E-state index in [1.807, 2.05) is 0 Å². The molecule has 0 bridgehead atoms. The standard InChI is InChI=1S/C13H16ClFN2O/c14-11-6-9(3-4-12(11)15)7-17-13(18)10-2-1-5-16-8-10/h3-4,6,10,16H,1-2,5,7-8H2,(H,17,18)/t10-/m1/s1. The maximum absolute atomic E-state index is 13.0. The number of nitrogens with one attached hydrogen (secondary N) is 2. The van der Waals surface area contributed by atoms with Crippen molar-refractivity contribution in [1.82, 2.24) is 10.6 Å². The molecular formula is C13H16ClFN2O. The van der Waals surface area contributed by atoms with Crippen molar-refractivity contribution in [3.63, 3.8) is 0 Å². The highest BCUT2D eigenvalue weighted by atomic mass is 35.5. The highest BCUT2D eigenvalue weighted by Crippen LogP contribution is 2.16. The van der Waals surface area contributed by atoms with Gasteiger partial charge in [-0.1, -0.05) is 17.7 Å². The van der Waals surface area contributed by atoms with Crippen LogP contribution in [0.2, 0.25) is 5.02 Å². The van der Waals surface area contributed by atoms with Crippen LogP contribution in [0.1, 0.15) is 18.4 Å². The molecule has 3 nitrogen and oxygen atoms in total. The summed E-state index contributed by atoms with van der Waals surface area (Å²) in [6, 6.07) is 4.48. The fourth-order valence-corrected chi connectivity index (χ4v) is 2.26. The maximum atomic E-state index is 13.0.